The molecule has 0 saturated heterocycles. The van der Waals surface area contributed by atoms with Gasteiger partial charge in [-0.25, -0.2) is 0 Å². The molecule has 1 fully saturated rings. The molecule has 2 nitrogen and oxygen atoms in total. The molecule has 18 heavy (non-hydrogen) atoms. The lowest BCUT2D eigenvalue weighted by molar-refractivity contribution is 0.364. The lowest BCUT2D eigenvalue weighted by Gasteiger charge is -2.20. The van der Waals surface area contributed by atoms with Crippen molar-refractivity contribution in [3.63, 3.8) is 0 Å². The Morgan fingerprint density at radius 2 is 2.06 bits per heavy atom. The third-order valence-corrected chi connectivity index (χ3v) is 4.46. The second kappa shape index (κ2) is 5.75. The largest absolute Gasteiger partial charge is 0.496 e. The van der Waals surface area contributed by atoms with Crippen LogP contribution in [0.2, 0.25) is 0 Å². The van der Waals surface area contributed by atoms with Gasteiger partial charge in [0.05, 0.1) is 7.11 Å². The van der Waals surface area contributed by atoms with Crippen LogP contribution in [0.1, 0.15) is 37.8 Å². The molecule has 0 aromatic heterocycles. The van der Waals surface area contributed by atoms with Gasteiger partial charge in [-0.3, -0.25) is 0 Å². The van der Waals surface area contributed by atoms with Gasteiger partial charge in [0.25, 0.3) is 0 Å². The average molecular weight is 247 g/mol. The average Bonchev–Trinajstić information content (AvgIpc) is 2.68. The monoisotopic (exact) mass is 247 g/mol. The molecular weight excluding hydrogens is 222 g/mol. The first kappa shape index (κ1) is 13.4. The number of nitrogens with one attached hydrogen (secondary N) is 1. The summed E-state index contributed by atoms with van der Waals surface area (Å²) >= 11 is 0. The van der Waals surface area contributed by atoms with Gasteiger partial charge in [0, 0.05) is 18.2 Å². The molecule has 0 radical (unpaired) electrons. The molecule has 2 rings (SSSR count). The molecule has 1 aliphatic rings. The van der Waals surface area contributed by atoms with Crippen LogP contribution in [0.25, 0.3) is 0 Å². The second-order valence-corrected chi connectivity index (χ2v) is 5.72. The first-order valence-electron chi connectivity index (χ1n) is 6.98. The van der Waals surface area contributed by atoms with E-state index in [-0.39, 0.29) is 0 Å². The van der Waals surface area contributed by atoms with Crippen molar-refractivity contribution >= 4 is 0 Å². The molecule has 1 aromatic carbocycles. The molecule has 0 amide bonds. The Labute approximate surface area is 111 Å². The Morgan fingerprint density at radius 1 is 1.28 bits per heavy atom. The molecule has 1 aliphatic carbocycles. The summed E-state index contributed by atoms with van der Waals surface area (Å²) in [5.74, 6) is 2.62. The van der Waals surface area contributed by atoms with Gasteiger partial charge < -0.3 is 10.1 Å². The molecule has 0 aliphatic heterocycles. The number of hydrogen-bond acceptors (Lipinski definition) is 2. The number of rotatable bonds is 4. The molecule has 100 valence electrons. The minimum atomic E-state index is 0.658. The number of benzene rings is 1. The van der Waals surface area contributed by atoms with Crippen molar-refractivity contribution in [3.05, 3.63) is 29.3 Å². The fourth-order valence-electron chi connectivity index (χ4n) is 2.94. The van der Waals surface area contributed by atoms with Crippen LogP contribution in [0, 0.1) is 18.8 Å². The normalized spacial score (nSPS) is 27.4. The first-order chi connectivity index (χ1) is 8.61. The fourth-order valence-corrected chi connectivity index (χ4v) is 2.94. The van der Waals surface area contributed by atoms with Crippen LogP contribution in [0.4, 0.5) is 0 Å². The van der Waals surface area contributed by atoms with Crippen LogP contribution < -0.4 is 10.1 Å². The third-order valence-electron chi connectivity index (χ3n) is 4.46. The molecule has 1 aromatic rings. The molecule has 0 spiro atoms. The summed E-state index contributed by atoms with van der Waals surface area (Å²) in [5.41, 5.74) is 2.56. The number of ether oxygens (including phenoxy) is 1. The lowest BCUT2D eigenvalue weighted by atomic mass is 9.97. The quantitative estimate of drug-likeness (QED) is 0.879. The van der Waals surface area contributed by atoms with Gasteiger partial charge in [-0.1, -0.05) is 31.5 Å². The maximum atomic E-state index is 5.42. The van der Waals surface area contributed by atoms with Crippen LogP contribution >= 0.6 is 0 Å². The van der Waals surface area contributed by atoms with E-state index in [2.05, 4.69) is 44.3 Å². The second-order valence-electron chi connectivity index (χ2n) is 5.72. The Morgan fingerprint density at radius 3 is 2.67 bits per heavy atom. The number of hydrogen-bond donors (Lipinski definition) is 1. The van der Waals surface area contributed by atoms with Crippen molar-refractivity contribution in [2.24, 2.45) is 11.8 Å². The summed E-state index contributed by atoms with van der Waals surface area (Å²) in [5, 5.41) is 3.70. The standard InChI is InChI=1S/C16H25NO/c1-11-5-8-16(18-4)14(9-11)10-17-15-7-6-12(2)13(15)3/h5,8-9,12-13,15,17H,6-7,10H2,1-4H3. The fraction of sp³-hybridized carbons (Fsp3) is 0.625. The van der Waals surface area contributed by atoms with Crippen LogP contribution in [0.15, 0.2) is 18.2 Å². The van der Waals surface area contributed by atoms with E-state index in [0.29, 0.717) is 6.04 Å². The lowest BCUT2D eigenvalue weighted by Crippen LogP contribution is -2.32. The summed E-state index contributed by atoms with van der Waals surface area (Å²) in [7, 11) is 1.74. The zero-order valence-corrected chi connectivity index (χ0v) is 12.0. The maximum absolute atomic E-state index is 5.42. The van der Waals surface area contributed by atoms with Crippen LogP contribution in [-0.4, -0.2) is 13.2 Å². The van der Waals surface area contributed by atoms with Gasteiger partial charge in [0.15, 0.2) is 0 Å². The smallest absolute Gasteiger partial charge is 0.123 e. The van der Waals surface area contributed by atoms with Gasteiger partial charge in [0.1, 0.15) is 5.75 Å². The zero-order chi connectivity index (χ0) is 13.1. The summed E-state index contributed by atoms with van der Waals surface area (Å²) in [4.78, 5) is 0. The third kappa shape index (κ3) is 2.86. The van der Waals surface area contributed by atoms with Crippen LogP contribution in [0.3, 0.4) is 0 Å². The van der Waals surface area contributed by atoms with Gasteiger partial charge in [0.2, 0.25) is 0 Å². The maximum Gasteiger partial charge on any atom is 0.123 e. The SMILES string of the molecule is COc1ccc(C)cc1CNC1CCC(C)C1C. The van der Waals surface area contributed by atoms with E-state index < -0.39 is 0 Å². The van der Waals surface area contributed by atoms with Crippen molar-refractivity contribution in [3.8, 4) is 5.75 Å². The van der Waals surface area contributed by atoms with E-state index in [1.165, 1.54) is 24.0 Å². The van der Waals surface area contributed by atoms with E-state index in [9.17, 15) is 0 Å². The first-order valence-corrected chi connectivity index (χ1v) is 6.98. The Bertz CT molecular complexity index is 402. The highest BCUT2D eigenvalue weighted by Crippen LogP contribution is 2.31. The van der Waals surface area contributed by atoms with Crippen LogP contribution in [-0.2, 0) is 6.54 Å². The summed E-state index contributed by atoms with van der Waals surface area (Å²) in [6, 6.07) is 7.04. The van der Waals surface area contributed by atoms with Crippen molar-refractivity contribution in [2.75, 3.05) is 7.11 Å². The van der Waals surface area contributed by atoms with E-state index in [4.69, 9.17) is 4.74 Å². The summed E-state index contributed by atoms with van der Waals surface area (Å²) in [6.07, 6.45) is 2.65. The topological polar surface area (TPSA) is 21.3 Å². The Hall–Kier alpha value is -1.02. The van der Waals surface area contributed by atoms with Gasteiger partial charge in [-0.05, 0) is 37.7 Å². The molecule has 3 atom stereocenters. The Balaban J connectivity index is 1.99. The molecule has 0 heterocycles. The number of aryl methyl sites for hydroxylation is 1. The highest BCUT2D eigenvalue weighted by atomic mass is 16.5. The molecular formula is C16H25NO. The summed E-state index contributed by atoms with van der Waals surface area (Å²) < 4.78 is 5.42. The van der Waals surface area contributed by atoms with E-state index in [1.54, 1.807) is 7.11 Å². The van der Waals surface area contributed by atoms with Gasteiger partial charge >= 0.3 is 0 Å². The highest BCUT2D eigenvalue weighted by molar-refractivity contribution is 5.36. The minimum Gasteiger partial charge on any atom is -0.496 e. The summed E-state index contributed by atoms with van der Waals surface area (Å²) in [6.45, 7) is 7.76. The van der Waals surface area contributed by atoms with Crippen molar-refractivity contribution in [2.45, 2.75) is 46.2 Å². The molecule has 0 bridgehead atoms. The van der Waals surface area contributed by atoms with Gasteiger partial charge in [-0.15, -0.1) is 0 Å². The molecule has 1 saturated carbocycles. The van der Waals surface area contributed by atoms with Crippen molar-refractivity contribution < 1.29 is 4.74 Å². The van der Waals surface area contributed by atoms with Crippen LogP contribution in [0.5, 0.6) is 5.75 Å². The van der Waals surface area contributed by atoms with Crippen molar-refractivity contribution in [1.29, 1.82) is 0 Å². The predicted molar refractivity (Wildman–Crippen MR) is 75.9 cm³/mol. The van der Waals surface area contributed by atoms with E-state index in [1.807, 2.05) is 0 Å². The zero-order valence-electron chi connectivity index (χ0n) is 12.0. The van der Waals surface area contributed by atoms with Crippen molar-refractivity contribution in [1.82, 2.24) is 5.32 Å². The van der Waals surface area contributed by atoms with Gasteiger partial charge in [-0.2, -0.15) is 0 Å². The highest BCUT2D eigenvalue weighted by Gasteiger charge is 2.29. The minimum absolute atomic E-state index is 0.658. The van der Waals surface area contributed by atoms with E-state index >= 15 is 0 Å². The number of methoxy groups -OCH3 is 1. The molecule has 1 N–H and O–H groups in total. The molecule has 2 heteroatoms. The van der Waals surface area contributed by atoms with E-state index in [0.717, 1.165) is 24.1 Å². The molecule has 3 unspecified atom stereocenters. The Kier molecular flexibility index (Phi) is 4.28. The predicted octanol–water partition coefficient (Wildman–Crippen LogP) is 3.53.